The van der Waals surface area contributed by atoms with E-state index < -0.39 is 6.36 Å². The van der Waals surface area contributed by atoms with Gasteiger partial charge in [0.05, 0.1) is 4.47 Å². The molecule has 19 heavy (non-hydrogen) atoms. The van der Waals surface area contributed by atoms with Crippen molar-refractivity contribution >= 4 is 21.6 Å². The van der Waals surface area contributed by atoms with E-state index in [-0.39, 0.29) is 10.2 Å². The fourth-order valence-electron chi connectivity index (χ4n) is 1.76. The minimum Gasteiger partial charge on any atom is -0.405 e. The van der Waals surface area contributed by atoms with Crippen LogP contribution in [0.2, 0.25) is 0 Å². The van der Waals surface area contributed by atoms with Gasteiger partial charge in [0.1, 0.15) is 5.75 Å². The normalized spacial score (nSPS) is 13.2. The van der Waals surface area contributed by atoms with E-state index in [1.807, 2.05) is 0 Å². The Hall–Kier alpha value is -0.910. The van der Waals surface area contributed by atoms with Crippen LogP contribution in [0.5, 0.6) is 5.75 Å². The molecule has 0 radical (unpaired) electrons. The molecule has 0 bridgehead atoms. The molecule has 1 aromatic carbocycles. The number of halogens is 4. The molecule has 1 N–H and O–H groups in total. The van der Waals surface area contributed by atoms with Crippen molar-refractivity contribution in [2.24, 2.45) is 0 Å². The van der Waals surface area contributed by atoms with Gasteiger partial charge in [-0.1, -0.05) is 20.3 Å². The van der Waals surface area contributed by atoms with Gasteiger partial charge in [-0.15, -0.1) is 13.2 Å². The maximum absolute atomic E-state index is 12.1. The van der Waals surface area contributed by atoms with E-state index in [1.165, 1.54) is 6.07 Å². The summed E-state index contributed by atoms with van der Waals surface area (Å²) in [5.74, 6) is -0.235. The van der Waals surface area contributed by atoms with Crippen LogP contribution in [0, 0.1) is 0 Å². The summed E-state index contributed by atoms with van der Waals surface area (Å²) in [7, 11) is 0. The Morgan fingerprint density at radius 2 is 2.00 bits per heavy atom. The smallest absolute Gasteiger partial charge is 0.405 e. The van der Waals surface area contributed by atoms with Gasteiger partial charge < -0.3 is 10.1 Å². The molecule has 108 valence electrons. The van der Waals surface area contributed by atoms with E-state index >= 15 is 0 Å². The highest BCUT2D eigenvalue weighted by Crippen LogP contribution is 2.32. The molecule has 0 amide bonds. The minimum atomic E-state index is -4.67. The van der Waals surface area contributed by atoms with E-state index in [0.29, 0.717) is 6.04 Å². The molecule has 0 saturated heterocycles. The maximum atomic E-state index is 12.1. The third-order valence-electron chi connectivity index (χ3n) is 2.66. The predicted molar refractivity (Wildman–Crippen MR) is 73.4 cm³/mol. The molecular formula is C13H17BrF3NO. The lowest BCUT2D eigenvalue weighted by atomic mass is 10.1. The lowest BCUT2D eigenvalue weighted by Gasteiger charge is -2.18. The Kier molecular flexibility index (Phi) is 5.97. The van der Waals surface area contributed by atoms with E-state index in [0.717, 1.165) is 24.9 Å². The van der Waals surface area contributed by atoms with Gasteiger partial charge in [0.25, 0.3) is 0 Å². The van der Waals surface area contributed by atoms with Gasteiger partial charge in [-0.05, 0) is 47.0 Å². The zero-order chi connectivity index (χ0) is 14.5. The molecule has 0 fully saturated rings. The minimum absolute atomic E-state index is 0.235. The zero-order valence-electron chi connectivity index (χ0n) is 10.9. The topological polar surface area (TPSA) is 21.3 Å². The molecule has 0 aromatic heterocycles. The first kappa shape index (κ1) is 16.1. The molecule has 1 aromatic rings. The molecule has 0 heterocycles. The highest BCUT2D eigenvalue weighted by Gasteiger charge is 2.31. The van der Waals surface area contributed by atoms with Gasteiger partial charge in [-0.25, -0.2) is 0 Å². The number of alkyl halides is 3. The predicted octanol–water partition coefficient (Wildman–Crippen LogP) is 5.34. The fourth-order valence-corrected chi connectivity index (χ4v) is 2.22. The Morgan fingerprint density at radius 1 is 1.32 bits per heavy atom. The highest BCUT2D eigenvalue weighted by molar-refractivity contribution is 9.10. The van der Waals surface area contributed by atoms with Crippen LogP contribution in [0.4, 0.5) is 18.9 Å². The number of nitrogens with one attached hydrogen (secondary N) is 1. The van der Waals surface area contributed by atoms with E-state index in [2.05, 4.69) is 39.8 Å². The van der Waals surface area contributed by atoms with E-state index in [9.17, 15) is 13.2 Å². The summed E-state index contributed by atoms with van der Waals surface area (Å²) in [5.41, 5.74) is 0.779. The third-order valence-corrected chi connectivity index (χ3v) is 3.28. The Bertz CT molecular complexity index is 409. The number of rotatable bonds is 6. The van der Waals surface area contributed by atoms with Gasteiger partial charge >= 0.3 is 6.36 Å². The van der Waals surface area contributed by atoms with Crippen molar-refractivity contribution in [2.75, 3.05) is 5.32 Å². The van der Waals surface area contributed by atoms with Crippen molar-refractivity contribution in [1.29, 1.82) is 0 Å². The molecule has 1 rings (SSSR count). The SMILES string of the molecule is CCCC(CC)Nc1ccc(OC(F)(F)F)c(Br)c1. The highest BCUT2D eigenvalue weighted by atomic mass is 79.9. The second kappa shape index (κ2) is 7.03. The second-order valence-corrected chi connectivity index (χ2v) is 5.09. The summed E-state index contributed by atoms with van der Waals surface area (Å²) in [6.45, 7) is 4.17. The Morgan fingerprint density at radius 3 is 2.47 bits per heavy atom. The average Bonchev–Trinajstić information content (AvgIpc) is 2.30. The maximum Gasteiger partial charge on any atom is 0.573 e. The van der Waals surface area contributed by atoms with Crippen molar-refractivity contribution < 1.29 is 17.9 Å². The van der Waals surface area contributed by atoms with E-state index in [1.54, 1.807) is 12.1 Å². The first-order valence-corrected chi connectivity index (χ1v) is 6.96. The van der Waals surface area contributed by atoms with Crippen LogP contribution in [0.3, 0.4) is 0 Å². The largest absolute Gasteiger partial charge is 0.573 e. The molecule has 0 aliphatic heterocycles. The molecular weight excluding hydrogens is 323 g/mol. The molecule has 1 atom stereocenters. The number of hydrogen-bond donors (Lipinski definition) is 1. The summed E-state index contributed by atoms with van der Waals surface area (Å²) in [6.07, 6.45) is -1.63. The molecule has 0 spiro atoms. The first-order chi connectivity index (χ1) is 8.85. The van der Waals surface area contributed by atoms with Crippen LogP contribution in [0.25, 0.3) is 0 Å². The monoisotopic (exact) mass is 339 g/mol. The van der Waals surface area contributed by atoms with Crippen LogP contribution in [-0.2, 0) is 0 Å². The number of benzene rings is 1. The Labute approximate surface area is 119 Å². The Balaban J connectivity index is 2.76. The van der Waals surface area contributed by atoms with Crippen LogP contribution >= 0.6 is 15.9 Å². The van der Waals surface area contributed by atoms with Crippen LogP contribution in [-0.4, -0.2) is 12.4 Å². The van der Waals surface area contributed by atoms with Crippen LogP contribution in [0.15, 0.2) is 22.7 Å². The summed E-state index contributed by atoms with van der Waals surface area (Å²) >= 11 is 3.09. The van der Waals surface area contributed by atoms with Crippen molar-refractivity contribution in [3.05, 3.63) is 22.7 Å². The van der Waals surface area contributed by atoms with Crippen molar-refractivity contribution in [3.8, 4) is 5.75 Å². The quantitative estimate of drug-likeness (QED) is 0.755. The lowest BCUT2D eigenvalue weighted by Crippen LogP contribution is -2.19. The van der Waals surface area contributed by atoms with Gasteiger partial charge in [0, 0.05) is 11.7 Å². The molecule has 2 nitrogen and oxygen atoms in total. The van der Waals surface area contributed by atoms with E-state index in [4.69, 9.17) is 0 Å². The lowest BCUT2D eigenvalue weighted by molar-refractivity contribution is -0.274. The number of hydrogen-bond acceptors (Lipinski definition) is 2. The average molecular weight is 340 g/mol. The molecule has 0 aliphatic rings. The number of ether oxygens (including phenoxy) is 1. The van der Waals surface area contributed by atoms with Crippen LogP contribution < -0.4 is 10.1 Å². The molecule has 6 heteroatoms. The molecule has 0 saturated carbocycles. The summed E-state index contributed by atoms with van der Waals surface area (Å²) in [6, 6.07) is 4.81. The second-order valence-electron chi connectivity index (χ2n) is 4.23. The fraction of sp³-hybridized carbons (Fsp3) is 0.538. The van der Waals surface area contributed by atoms with Gasteiger partial charge in [0.15, 0.2) is 0 Å². The van der Waals surface area contributed by atoms with Crippen molar-refractivity contribution in [1.82, 2.24) is 0 Å². The molecule has 0 aliphatic carbocycles. The summed E-state index contributed by atoms with van der Waals surface area (Å²) < 4.78 is 40.6. The number of anilines is 1. The summed E-state index contributed by atoms with van der Waals surface area (Å²) in [4.78, 5) is 0. The van der Waals surface area contributed by atoms with Gasteiger partial charge in [0.2, 0.25) is 0 Å². The third kappa shape index (κ3) is 5.72. The summed E-state index contributed by atoms with van der Waals surface area (Å²) in [5, 5.41) is 3.29. The van der Waals surface area contributed by atoms with Gasteiger partial charge in [-0.3, -0.25) is 0 Å². The standard InChI is InChI=1S/C13H17BrF3NO/c1-3-5-9(4-2)18-10-6-7-12(11(14)8-10)19-13(15,16)17/h6-9,18H,3-5H2,1-2H3. The zero-order valence-corrected chi connectivity index (χ0v) is 12.4. The van der Waals surface area contributed by atoms with Gasteiger partial charge in [-0.2, -0.15) is 0 Å². The van der Waals surface area contributed by atoms with Crippen LogP contribution in [0.1, 0.15) is 33.1 Å². The first-order valence-electron chi connectivity index (χ1n) is 6.17. The van der Waals surface area contributed by atoms with Crippen molar-refractivity contribution in [2.45, 2.75) is 45.5 Å². The van der Waals surface area contributed by atoms with Crippen molar-refractivity contribution in [3.63, 3.8) is 0 Å². The molecule has 1 unspecified atom stereocenters.